The van der Waals surface area contributed by atoms with Crippen molar-refractivity contribution in [2.45, 2.75) is 0 Å². The Balaban J connectivity index is 1.98. The number of rotatable bonds is 2. The summed E-state index contributed by atoms with van der Waals surface area (Å²) in [5, 5.41) is 8.28. The van der Waals surface area contributed by atoms with Crippen molar-refractivity contribution < 1.29 is 0 Å². The van der Waals surface area contributed by atoms with Gasteiger partial charge in [0.1, 0.15) is 5.82 Å². The van der Waals surface area contributed by atoms with E-state index in [1.807, 2.05) is 54.6 Å². The van der Waals surface area contributed by atoms with Gasteiger partial charge in [0.25, 0.3) is 0 Å². The van der Waals surface area contributed by atoms with Gasteiger partial charge >= 0.3 is 0 Å². The maximum Gasteiger partial charge on any atom is 0.163 e. The molecule has 0 fully saturated rings. The maximum atomic E-state index is 6.31. The molecule has 0 saturated heterocycles. The number of halogens is 1. The number of benzene rings is 2. The molecule has 0 atom stereocenters. The second-order valence-corrected chi connectivity index (χ2v) is 5.25. The molecule has 0 radical (unpaired) electrons. The number of aromatic nitrogens is 4. The summed E-state index contributed by atoms with van der Waals surface area (Å²) in [6, 6.07) is 17.8. The number of nitrogens with one attached hydrogen (secondary N) is 1. The van der Waals surface area contributed by atoms with Gasteiger partial charge in [-0.05, 0) is 17.7 Å². The molecule has 0 aliphatic heterocycles. The molecule has 2 aromatic carbocycles. The number of H-pyrrole nitrogens is 1. The minimum Gasteiger partial charge on any atom is -0.338 e. The quantitative estimate of drug-likeness (QED) is 0.599. The van der Waals surface area contributed by atoms with Gasteiger partial charge in [0, 0.05) is 5.56 Å². The van der Waals surface area contributed by atoms with Crippen molar-refractivity contribution in [1.82, 2.24) is 20.2 Å². The number of aromatic amines is 1. The summed E-state index contributed by atoms with van der Waals surface area (Å²) in [5.74, 6) is 0.694. The van der Waals surface area contributed by atoms with Crippen LogP contribution in [-0.4, -0.2) is 20.2 Å². The van der Waals surface area contributed by atoms with Crippen LogP contribution in [0.2, 0.25) is 5.15 Å². The van der Waals surface area contributed by atoms with Crippen molar-refractivity contribution in [3.8, 4) is 22.5 Å². The smallest absolute Gasteiger partial charge is 0.163 e. The highest BCUT2D eigenvalue weighted by atomic mass is 35.5. The third-order valence-electron chi connectivity index (χ3n) is 3.52. The predicted octanol–water partition coefficient (Wildman–Crippen LogP) is 4.34. The van der Waals surface area contributed by atoms with E-state index >= 15 is 0 Å². The Morgan fingerprint density at radius 2 is 1.68 bits per heavy atom. The first-order valence-corrected chi connectivity index (χ1v) is 7.22. The molecule has 0 amide bonds. The Morgan fingerprint density at radius 1 is 0.909 bits per heavy atom. The Bertz CT molecular complexity index is 914. The summed E-state index contributed by atoms with van der Waals surface area (Å²) in [4.78, 5) is 7.92. The van der Waals surface area contributed by atoms with Gasteiger partial charge in [-0.15, -0.1) is 5.10 Å². The van der Waals surface area contributed by atoms with E-state index in [1.54, 1.807) is 6.20 Å². The molecule has 0 spiro atoms. The van der Waals surface area contributed by atoms with Gasteiger partial charge in [-0.25, -0.2) is 4.98 Å². The summed E-state index contributed by atoms with van der Waals surface area (Å²) in [6.45, 7) is 0. The van der Waals surface area contributed by atoms with E-state index in [0.29, 0.717) is 11.0 Å². The van der Waals surface area contributed by atoms with Gasteiger partial charge < -0.3 is 4.98 Å². The Labute approximate surface area is 131 Å². The first-order chi connectivity index (χ1) is 10.8. The third-order valence-corrected chi connectivity index (χ3v) is 3.78. The summed E-state index contributed by atoms with van der Waals surface area (Å²) >= 11 is 6.31. The minimum absolute atomic E-state index is 0.334. The SMILES string of the molecule is Clc1nncc(-c2ccccc2)c1-c1nc2ccccc2[nH]1. The first-order valence-electron chi connectivity index (χ1n) is 6.84. The zero-order valence-corrected chi connectivity index (χ0v) is 12.2. The van der Waals surface area contributed by atoms with Crippen LogP contribution < -0.4 is 0 Å². The highest BCUT2D eigenvalue weighted by Gasteiger charge is 2.16. The Morgan fingerprint density at radius 3 is 2.50 bits per heavy atom. The van der Waals surface area contributed by atoms with Crippen molar-refractivity contribution in [3.63, 3.8) is 0 Å². The molecule has 0 bridgehead atoms. The van der Waals surface area contributed by atoms with Gasteiger partial charge in [-0.3, -0.25) is 0 Å². The zero-order valence-electron chi connectivity index (χ0n) is 11.5. The van der Waals surface area contributed by atoms with E-state index in [-0.39, 0.29) is 0 Å². The van der Waals surface area contributed by atoms with E-state index in [1.165, 1.54) is 0 Å². The molecule has 2 heterocycles. The standard InChI is InChI=1S/C17H11ClN4/c18-16-15(17-20-13-8-4-5-9-14(13)21-17)12(10-19-22-16)11-6-2-1-3-7-11/h1-10H,(H,20,21). The number of imidazole rings is 1. The minimum atomic E-state index is 0.334. The summed E-state index contributed by atoms with van der Waals surface area (Å²) < 4.78 is 0. The number of hydrogen-bond donors (Lipinski definition) is 1. The van der Waals surface area contributed by atoms with Crippen LogP contribution in [0.5, 0.6) is 0 Å². The lowest BCUT2D eigenvalue weighted by Gasteiger charge is -2.07. The highest BCUT2D eigenvalue weighted by Crippen LogP contribution is 2.34. The maximum absolute atomic E-state index is 6.31. The molecule has 1 N–H and O–H groups in total. The summed E-state index contributed by atoms with van der Waals surface area (Å²) in [6.07, 6.45) is 1.71. The molecule has 0 aliphatic rings. The lowest BCUT2D eigenvalue weighted by molar-refractivity contribution is 1.03. The lowest BCUT2D eigenvalue weighted by atomic mass is 10.0. The monoisotopic (exact) mass is 306 g/mol. The van der Waals surface area contributed by atoms with Crippen LogP contribution in [0.1, 0.15) is 0 Å². The molecule has 2 aromatic heterocycles. The van der Waals surface area contributed by atoms with Crippen LogP contribution in [0.25, 0.3) is 33.5 Å². The first kappa shape index (κ1) is 13.0. The number of fused-ring (bicyclic) bond motifs is 1. The van der Waals surface area contributed by atoms with E-state index in [9.17, 15) is 0 Å². The largest absolute Gasteiger partial charge is 0.338 e. The molecule has 4 aromatic rings. The Hall–Kier alpha value is -2.72. The van der Waals surface area contributed by atoms with Crippen molar-refractivity contribution in [1.29, 1.82) is 0 Å². The van der Waals surface area contributed by atoms with Crippen molar-refractivity contribution in [3.05, 3.63) is 65.9 Å². The number of nitrogens with zero attached hydrogens (tertiary/aromatic N) is 3. The lowest BCUT2D eigenvalue weighted by Crippen LogP contribution is -1.93. The Kier molecular flexibility index (Phi) is 3.09. The fraction of sp³-hybridized carbons (Fsp3) is 0. The van der Waals surface area contributed by atoms with Gasteiger partial charge in [0.15, 0.2) is 5.15 Å². The normalized spacial score (nSPS) is 11.0. The number of hydrogen-bond acceptors (Lipinski definition) is 3. The molecule has 22 heavy (non-hydrogen) atoms. The van der Waals surface area contributed by atoms with E-state index in [0.717, 1.165) is 27.7 Å². The van der Waals surface area contributed by atoms with Crippen LogP contribution in [-0.2, 0) is 0 Å². The van der Waals surface area contributed by atoms with Crippen molar-refractivity contribution in [2.24, 2.45) is 0 Å². The molecular formula is C17H11ClN4. The topological polar surface area (TPSA) is 54.5 Å². The van der Waals surface area contributed by atoms with Gasteiger partial charge in [-0.2, -0.15) is 5.10 Å². The van der Waals surface area contributed by atoms with Gasteiger partial charge in [-0.1, -0.05) is 54.1 Å². The van der Waals surface area contributed by atoms with Gasteiger partial charge in [0.2, 0.25) is 0 Å². The van der Waals surface area contributed by atoms with Crippen LogP contribution in [0, 0.1) is 0 Å². The second kappa shape index (κ2) is 5.24. The van der Waals surface area contributed by atoms with Gasteiger partial charge in [0.05, 0.1) is 22.8 Å². The molecule has 5 heteroatoms. The van der Waals surface area contributed by atoms with E-state index in [4.69, 9.17) is 11.6 Å². The van der Waals surface area contributed by atoms with Crippen LogP contribution in [0.4, 0.5) is 0 Å². The number of para-hydroxylation sites is 2. The van der Waals surface area contributed by atoms with Crippen molar-refractivity contribution in [2.75, 3.05) is 0 Å². The average Bonchev–Trinajstić information content (AvgIpc) is 2.99. The molecular weight excluding hydrogens is 296 g/mol. The van der Waals surface area contributed by atoms with Crippen LogP contribution in [0.3, 0.4) is 0 Å². The second-order valence-electron chi connectivity index (χ2n) is 4.89. The zero-order chi connectivity index (χ0) is 14.9. The molecule has 4 nitrogen and oxygen atoms in total. The predicted molar refractivity (Wildman–Crippen MR) is 87.6 cm³/mol. The molecule has 0 aliphatic carbocycles. The van der Waals surface area contributed by atoms with Crippen LogP contribution in [0.15, 0.2) is 60.8 Å². The molecule has 0 saturated carbocycles. The summed E-state index contributed by atoms with van der Waals surface area (Å²) in [5.41, 5.74) is 4.54. The fourth-order valence-electron chi connectivity index (χ4n) is 2.50. The highest BCUT2D eigenvalue weighted by molar-refractivity contribution is 6.32. The summed E-state index contributed by atoms with van der Waals surface area (Å²) in [7, 11) is 0. The van der Waals surface area contributed by atoms with Crippen molar-refractivity contribution >= 4 is 22.6 Å². The average molecular weight is 307 g/mol. The molecule has 4 rings (SSSR count). The molecule has 0 unspecified atom stereocenters. The van der Waals surface area contributed by atoms with E-state index in [2.05, 4.69) is 20.2 Å². The fourth-order valence-corrected chi connectivity index (χ4v) is 2.73. The van der Waals surface area contributed by atoms with E-state index < -0.39 is 0 Å². The third kappa shape index (κ3) is 2.14. The van der Waals surface area contributed by atoms with Crippen LogP contribution >= 0.6 is 11.6 Å². The molecule has 106 valence electrons.